The molecule has 0 amide bonds. The highest BCUT2D eigenvalue weighted by atomic mass is 79.9. The number of phenols is 1. The molecular weight excluding hydrogens is 620 g/mol. The highest BCUT2D eigenvalue weighted by molar-refractivity contribution is 9.08. The van der Waals surface area contributed by atoms with Gasteiger partial charge in [-0.3, -0.25) is 14.4 Å². The molecule has 198 valence electrons. The van der Waals surface area contributed by atoms with E-state index in [2.05, 4.69) is 46.1 Å². The van der Waals surface area contributed by atoms with E-state index in [1.54, 1.807) is 30.3 Å². The van der Waals surface area contributed by atoms with E-state index in [1.807, 2.05) is 6.07 Å². The van der Waals surface area contributed by atoms with E-state index in [0.717, 1.165) is 11.1 Å². The molecule has 0 saturated carbocycles. The van der Waals surface area contributed by atoms with Gasteiger partial charge in [0.15, 0.2) is 6.29 Å². The predicted molar refractivity (Wildman–Crippen MR) is 141 cm³/mol. The molecule has 1 N–H and O–H groups in total. The van der Waals surface area contributed by atoms with Gasteiger partial charge in [-0.2, -0.15) is 0 Å². The van der Waals surface area contributed by atoms with Crippen LogP contribution in [0.25, 0.3) is 11.0 Å². The number of carbonyl (C=O) groups excluding carboxylic acids is 4. The maximum atomic E-state index is 11.6. The second-order valence-electron chi connectivity index (χ2n) is 6.92. The molecule has 0 unspecified atom stereocenters. The number of phenolic OH excluding ortho intramolecular Hbond substituents is 1. The van der Waals surface area contributed by atoms with Crippen LogP contribution in [0, 0.1) is 0 Å². The average molecular weight is 644 g/mol. The molecule has 0 bridgehead atoms. The Hall–Kier alpha value is -3.51. The number of carbonyl (C=O) groups is 4. The summed E-state index contributed by atoms with van der Waals surface area (Å²) in [6.45, 7) is 0. The molecule has 0 atom stereocenters. The van der Waals surface area contributed by atoms with Crippen molar-refractivity contribution in [3.63, 3.8) is 0 Å². The second kappa shape index (κ2) is 16.3. The van der Waals surface area contributed by atoms with Gasteiger partial charge in [-0.05, 0) is 35.4 Å². The lowest BCUT2D eigenvalue weighted by atomic mass is 10.1. The number of halogens is 2. The van der Waals surface area contributed by atoms with Crippen molar-refractivity contribution in [2.45, 2.75) is 17.1 Å². The molecule has 0 spiro atoms. The number of methoxy groups -OCH3 is 3. The number of aldehydes is 1. The summed E-state index contributed by atoms with van der Waals surface area (Å²) in [6, 6.07) is 11.9. The van der Waals surface area contributed by atoms with Gasteiger partial charge in [-0.15, -0.1) is 0 Å². The lowest BCUT2D eigenvalue weighted by molar-refractivity contribution is -0.151. The zero-order valence-electron chi connectivity index (χ0n) is 20.1. The Morgan fingerprint density at radius 3 is 1.95 bits per heavy atom. The summed E-state index contributed by atoms with van der Waals surface area (Å²) < 4.78 is 18.0. The lowest BCUT2D eigenvalue weighted by Crippen LogP contribution is -2.14. The first-order chi connectivity index (χ1) is 17.6. The lowest BCUT2D eigenvalue weighted by Gasteiger charge is -2.02. The van der Waals surface area contributed by atoms with E-state index in [9.17, 15) is 29.1 Å². The third-order valence-electron chi connectivity index (χ3n) is 4.48. The van der Waals surface area contributed by atoms with E-state index < -0.39 is 23.5 Å². The predicted octanol–water partition coefficient (Wildman–Crippen LogP) is 4.30. The first-order valence-corrected chi connectivity index (χ1v) is 12.6. The molecule has 0 saturated heterocycles. The van der Waals surface area contributed by atoms with E-state index >= 15 is 0 Å². The number of fused-ring (bicyclic) bond motifs is 1. The van der Waals surface area contributed by atoms with Crippen molar-refractivity contribution >= 4 is 67.0 Å². The monoisotopic (exact) mass is 642 g/mol. The number of hydrogen-bond acceptors (Lipinski definition) is 10. The van der Waals surface area contributed by atoms with Crippen LogP contribution in [0.2, 0.25) is 0 Å². The van der Waals surface area contributed by atoms with Gasteiger partial charge in [0.25, 0.3) is 0 Å². The second-order valence-corrected chi connectivity index (χ2v) is 8.04. The Morgan fingerprint density at radius 2 is 1.46 bits per heavy atom. The first-order valence-electron chi connectivity index (χ1n) is 10.3. The maximum Gasteiger partial charge on any atom is 0.351 e. The Morgan fingerprint density at radius 1 is 0.892 bits per heavy atom. The standard InChI is InChI=1S/C12H9BrO4.C8H7BrO2.C5H8O4/c1-16-11(14)9-5-8-3-2-7(6-13)4-10(8)17-12(9)15;9-4-6-1-2-7(5-10)8(11)3-6;1-8-4(6)3-5(7)9-2/h2-5H,6H2,1H3;1-3,5,11H,4H2;3H2,1-2H3. The fourth-order valence-corrected chi connectivity index (χ4v) is 3.22. The van der Waals surface area contributed by atoms with E-state index in [0.29, 0.717) is 33.5 Å². The fourth-order valence-electron chi connectivity index (χ4n) is 2.53. The van der Waals surface area contributed by atoms with Gasteiger partial charge >= 0.3 is 23.5 Å². The van der Waals surface area contributed by atoms with Crippen LogP contribution in [0.3, 0.4) is 0 Å². The van der Waals surface area contributed by atoms with Crippen LogP contribution in [-0.2, 0) is 34.5 Å². The summed E-state index contributed by atoms with van der Waals surface area (Å²) >= 11 is 6.56. The Balaban J connectivity index is 0.000000298. The van der Waals surface area contributed by atoms with Crippen molar-refractivity contribution in [3.05, 3.63) is 75.1 Å². The van der Waals surface area contributed by atoms with Gasteiger partial charge in [-0.1, -0.05) is 50.1 Å². The maximum absolute atomic E-state index is 11.6. The zero-order chi connectivity index (χ0) is 28.0. The van der Waals surface area contributed by atoms with Crippen LogP contribution in [0.4, 0.5) is 0 Å². The molecule has 1 aromatic heterocycles. The molecule has 0 radical (unpaired) electrons. The average Bonchev–Trinajstić information content (AvgIpc) is 2.92. The number of rotatable bonds is 6. The van der Waals surface area contributed by atoms with Crippen molar-refractivity contribution in [2.75, 3.05) is 21.3 Å². The minimum absolute atomic E-state index is 0.0388. The largest absolute Gasteiger partial charge is 0.507 e. The zero-order valence-corrected chi connectivity index (χ0v) is 23.3. The van der Waals surface area contributed by atoms with Crippen molar-refractivity contribution in [2.24, 2.45) is 0 Å². The van der Waals surface area contributed by atoms with E-state index in [-0.39, 0.29) is 17.7 Å². The van der Waals surface area contributed by atoms with Crippen LogP contribution in [0.15, 0.2) is 51.7 Å². The van der Waals surface area contributed by atoms with Gasteiger partial charge in [0, 0.05) is 16.0 Å². The Labute approximate surface area is 228 Å². The smallest absolute Gasteiger partial charge is 0.351 e. The summed E-state index contributed by atoms with van der Waals surface area (Å²) in [7, 11) is 3.65. The molecule has 1 heterocycles. The minimum Gasteiger partial charge on any atom is -0.507 e. The molecule has 0 aliphatic carbocycles. The van der Waals surface area contributed by atoms with Crippen molar-refractivity contribution in [1.82, 2.24) is 0 Å². The third kappa shape index (κ3) is 10.2. The van der Waals surface area contributed by atoms with Crippen molar-refractivity contribution in [3.8, 4) is 5.75 Å². The number of hydrogen-bond donors (Lipinski definition) is 1. The van der Waals surface area contributed by atoms with Crippen LogP contribution in [0.1, 0.15) is 38.3 Å². The first kappa shape index (κ1) is 31.5. The molecule has 0 fully saturated rings. The summed E-state index contributed by atoms with van der Waals surface area (Å²) in [4.78, 5) is 53.6. The summed E-state index contributed by atoms with van der Waals surface area (Å²) in [5, 5.41) is 11.2. The van der Waals surface area contributed by atoms with Gasteiger partial charge in [0.1, 0.15) is 23.3 Å². The van der Waals surface area contributed by atoms with Crippen molar-refractivity contribution < 1.29 is 42.9 Å². The van der Waals surface area contributed by atoms with Gasteiger partial charge in [-0.25, -0.2) is 9.59 Å². The number of ether oxygens (including phenoxy) is 3. The Bertz CT molecular complexity index is 1290. The Kier molecular flexibility index (Phi) is 13.9. The van der Waals surface area contributed by atoms with Gasteiger partial charge < -0.3 is 23.7 Å². The quantitative estimate of drug-likeness (QED) is 0.103. The highest BCUT2D eigenvalue weighted by Crippen LogP contribution is 2.19. The number of alkyl halides is 2. The highest BCUT2D eigenvalue weighted by Gasteiger charge is 2.14. The SMILES string of the molecule is COC(=O)CC(=O)OC.COC(=O)c1cc2ccc(CBr)cc2oc1=O.O=Cc1ccc(CBr)cc1O. The molecule has 12 heteroatoms. The molecule has 3 aromatic rings. The molecule has 10 nitrogen and oxygen atoms in total. The molecule has 37 heavy (non-hydrogen) atoms. The number of esters is 3. The molecular formula is C25H24Br2O10. The molecule has 2 aromatic carbocycles. The third-order valence-corrected chi connectivity index (χ3v) is 5.78. The van der Waals surface area contributed by atoms with Crippen molar-refractivity contribution in [1.29, 1.82) is 0 Å². The number of aromatic hydroxyl groups is 1. The fraction of sp³-hybridized carbons (Fsp3) is 0.240. The molecule has 3 rings (SSSR count). The van der Waals surface area contributed by atoms with Crippen LogP contribution >= 0.6 is 31.9 Å². The molecule has 0 aliphatic rings. The molecule has 0 aliphatic heterocycles. The summed E-state index contributed by atoms with van der Waals surface area (Å²) in [6.07, 6.45) is 0.320. The van der Waals surface area contributed by atoms with Crippen LogP contribution in [-0.4, -0.2) is 50.6 Å². The van der Waals surface area contributed by atoms with Crippen LogP contribution in [0.5, 0.6) is 5.75 Å². The normalized spacial score (nSPS) is 9.65. The van der Waals surface area contributed by atoms with Gasteiger partial charge in [0.2, 0.25) is 0 Å². The summed E-state index contributed by atoms with van der Waals surface area (Å²) in [5.74, 6) is -1.81. The van der Waals surface area contributed by atoms with E-state index in [4.69, 9.17) is 4.42 Å². The topological polar surface area (TPSA) is 146 Å². The minimum atomic E-state index is -0.690. The van der Waals surface area contributed by atoms with Crippen LogP contribution < -0.4 is 5.63 Å². The van der Waals surface area contributed by atoms with E-state index in [1.165, 1.54) is 27.4 Å². The number of benzene rings is 2. The van der Waals surface area contributed by atoms with Gasteiger partial charge in [0.05, 0.1) is 26.9 Å². The summed E-state index contributed by atoms with van der Waals surface area (Å²) in [5.41, 5.74) is 1.96.